The van der Waals surface area contributed by atoms with Gasteiger partial charge in [0.2, 0.25) is 0 Å². The van der Waals surface area contributed by atoms with Gasteiger partial charge in [0.05, 0.1) is 0 Å². The van der Waals surface area contributed by atoms with Crippen molar-refractivity contribution in [1.82, 2.24) is 4.90 Å². The van der Waals surface area contributed by atoms with Crippen molar-refractivity contribution in [3.63, 3.8) is 0 Å². The molecule has 0 aromatic heterocycles. The summed E-state index contributed by atoms with van der Waals surface area (Å²) in [5, 5.41) is 0. The van der Waals surface area contributed by atoms with E-state index in [9.17, 15) is 0 Å². The molecule has 0 aromatic rings. The Morgan fingerprint density at radius 3 is 2.17 bits per heavy atom. The van der Waals surface area contributed by atoms with E-state index in [1.807, 2.05) is 0 Å². The van der Waals surface area contributed by atoms with Gasteiger partial charge in [0, 0.05) is 0 Å². The zero-order chi connectivity index (χ0) is 9.03. The summed E-state index contributed by atoms with van der Waals surface area (Å²) in [6.07, 6.45) is 5.59. The number of rotatable bonds is 3. The van der Waals surface area contributed by atoms with Gasteiger partial charge in [0.25, 0.3) is 0 Å². The van der Waals surface area contributed by atoms with E-state index in [0.717, 1.165) is 0 Å². The van der Waals surface area contributed by atoms with Crippen molar-refractivity contribution >= 4 is 0 Å². The molecule has 0 radical (unpaired) electrons. The molecule has 0 unspecified atom stereocenters. The van der Waals surface area contributed by atoms with Crippen molar-refractivity contribution in [2.24, 2.45) is 5.41 Å². The molecule has 1 aliphatic rings. The summed E-state index contributed by atoms with van der Waals surface area (Å²) in [5.74, 6) is 0. The average molecular weight is 169 g/mol. The van der Waals surface area contributed by atoms with Crippen molar-refractivity contribution in [1.29, 1.82) is 0 Å². The summed E-state index contributed by atoms with van der Waals surface area (Å²) in [7, 11) is 0. The molecule has 1 nitrogen and oxygen atoms in total. The van der Waals surface area contributed by atoms with E-state index in [2.05, 4.69) is 25.7 Å². The van der Waals surface area contributed by atoms with Gasteiger partial charge in [0.15, 0.2) is 0 Å². The standard InChI is InChI=1S/C11H23N/c1-4-6-11(3)7-9-12(5-2)10-8-11/h4-10H2,1-3H3. The number of likely N-dealkylation sites (tertiary alicyclic amines) is 1. The second kappa shape index (κ2) is 4.27. The highest BCUT2D eigenvalue weighted by Gasteiger charge is 2.28. The van der Waals surface area contributed by atoms with E-state index in [4.69, 9.17) is 0 Å². The van der Waals surface area contributed by atoms with Crippen molar-refractivity contribution in [3.05, 3.63) is 0 Å². The first kappa shape index (κ1) is 10.0. The molecule has 0 N–H and O–H groups in total. The molecule has 0 atom stereocenters. The third-order valence-electron chi connectivity index (χ3n) is 3.36. The van der Waals surface area contributed by atoms with E-state index in [-0.39, 0.29) is 0 Å². The van der Waals surface area contributed by atoms with Crippen molar-refractivity contribution < 1.29 is 0 Å². The minimum absolute atomic E-state index is 0.667. The van der Waals surface area contributed by atoms with Crippen LogP contribution in [0, 0.1) is 5.41 Å². The second-order valence-corrected chi connectivity index (χ2v) is 4.49. The first-order valence-corrected chi connectivity index (χ1v) is 5.42. The van der Waals surface area contributed by atoms with Gasteiger partial charge >= 0.3 is 0 Å². The quantitative estimate of drug-likeness (QED) is 0.628. The molecule has 1 fully saturated rings. The van der Waals surface area contributed by atoms with Crippen molar-refractivity contribution in [3.8, 4) is 0 Å². The number of hydrogen-bond donors (Lipinski definition) is 0. The maximum absolute atomic E-state index is 2.57. The van der Waals surface area contributed by atoms with Crippen LogP contribution in [0.5, 0.6) is 0 Å². The monoisotopic (exact) mass is 169 g/mol. The second-order valence-electron chi connectivity index (χ2n) is 4.49. The summed E-state index contributed by atoms with van der Waals surface area (Å²) < 4.78 is 0. The molecule has 0 spiro atoms. The molecular weight excluding hydrogens is 146 g/mol. The van der Waals surface area contributed by atoms with E-state index >= 15 is 0 Å². The van der Waals surface area contributed by atoms with Crippen LogP contribution in [-0.2, 0) is 0 Å². The predicted octanol–water partition coefficient (Wildman–Crippen LogP) is 2.91. The zero-order valence-electron chi connectivity index (χ0n) is 8.90. The molecular formula is C11H23N. The zero-order valence-corrected chi connectivity index (χ0v) is 8.90. The summed E-state index contributed by atoms with van der Waals surface area (Å²) in [6, 6.07) is 0. The van der Waals surface area contributed by atoms with Gasteiger partial charge in [-0.15, -0.1) is 0 Å². The van der Waals surface area contributed by atoms with Gasteiger partial charge in [-0.2, -0.15) is 0 Å². The Morgan fingerprint density at radius 2 is 1.75 bits per heavy atom. The minimum atomic E-state index is 0.667. The summed E-state index contributed by atoms with van der Waals surface area (Å²) in [5.41, 5.74) is 0.667. The smallest absolute Gasteiger partial charge is 0.00137 e. The molecule has 0 aliphatic carbocycles. The first-order chi connectivity index (χ1) is 5.70. The maximum Gasteiger partial charge on any atom is -0.00137 e. The Hall–Kier alpha value is -0.0400. The van der Waals surface area contributed by atoms with Crippen molar-refractivity contribution in [2.75, 3.05) is 19.6 Å². The molecule has 12 heavy (non-hydrogen) atoms. The largest absolute Gasteiger partial charge is 0.304 e. The van der Waals surface area contributed by atoms with Crippen LogP contribution in [0.15, 0.2) is 0 Å². The fourth-order valence-corrected chi connectivity index (χ4v) is 2.26. The third kappa shape index (κ3) is 2.48. The maximum atomic E-state index is 2.57. The summed E-state index contributed by atoms with van der Waals surface area (Å²) in [6.45, 7) is 10.9. The molecule has 1 heteroatoms. The lowest BCUT2D eigenvalue weighted by Gasteiger charge is -2.39. The predicted molar refractivity (Wildman–Crippen MR) is 54.4 cm³/mol. The van der Waals surface area contributed by atoms with E-state index in [1.54, 1.807) is 0 Å². The van der Waals surface area contributed by atoms with Crippen LogP contribution in [-0.4, -0.2) is 24.5 Å². The van der Waals surface area contributed by atoms with Crippen LogP contribution in [0.4, 0.5) is 0 Å². The van der Waals surface area contributed by atoms with Crippen LogP contribution in [0.1, 0.15) is 46.5 Å². The number of hydrogen-bond acceptors (Lipinski definition) is 1. The Kier molecular flexibility index (Phi) is 3.57. The molecule has 72 valence electrons. The lowest BCUT2D eigenvalue weighted by atomic mass is 9.77. The van der Waals surface area contributed by atoms with E-state index in [1.165, 1.54) is 45.3 Å². The Bertz CT molecular complexity index is 123. The highest BCUT2D eigenvalue weighted by molar-refractivity contribution is 4.81. The van der Waals surface area contributed by atoms with E-state index < -0.39 is 0 Å². The molecule has 0 bridgehead atoms. The topological polar surface area (TPSA) is 3.24 Å². The Balaban J connectivity index is 2.33. The molecule has 0 amide bonds. The van der Waals surface area contributed by atoms with Gasteiger partial charge in [-0.1, -0.05) is 27.2 Å². The van der Waals surface area contributed by atoms with Crippen LogP contribution >= 0.6 is 0 Å². The van der Waals surface area contributed by atoms with Gasteiger partial charge in [-0.3, -0.25) is 0 Å². The fourth-order valence-electron chi connectivity index (χ4n) is 2.26. The van der Waals surface area contributed by atoms with Crippen LogP contribution < -0.4 is 0 Å². The minimum Gasteiger partial charge on any atom is -0.304 e. The normalized spacial score (nSPS) is 24.2. The van der Waals surface area contributed by atoms with Gasteiger partial charge in [0.1, 0.15) is 0 Å². The summed E-state index contributed by atoms with van der Waals surface area (Å²) >= 11 is 0. The molecule has 1 rings (SSSR count). The number of piperidine rings is 1. The van der Waals surface area contributed by atoms with Gasteiger partial charge < -0.3 is 4.90 Å². The van der Waals surface area contributed by atoms with Gasteiger partial charge in [-0.25, -0.2) is 0 Å². The molecule has 1 heterocycles. The number of nitrogens with zero attached hydrogens (tertiary/aromatic N) is 1. The van der Waals surface area contributed by atoms with Crippen molar-refractivity contribution in [2.45, 2.75) is 46.5 Å². The van der Waals surface area contributed by atoms with Gasteiger partial charge in [-0.05, 0) is 44.3 Å². The molecule has 0 aromatic carbocycles. The Morgan fingerprint density at radius 1 is 1.17 bits per heavy atom. The molecule has 1 saturated heterocycles. The van der Waals surface area contributed by atoms with Crippen LogP contribution in [0.3, 0.4) is 0 Å². The SMILES string of the molecule is CCCC1(C)CCN(CC)CC1. The van der Waals surface area contributed by atoms with E-state index in [0.29, 0.717) is 5.41 Å². The summed E-state index contributed by atoms with van der Waals surface area (Å²) in [4.78, 5) is 2.57. The fraction of sp³-hybridized carbons (Fsp3) is 1.00. The average Bonchev–Trinajstić information content (AvgIpc) is 2.06. The first-order valence-electron chi connectivity index (χ1n) is 5.42. The molecule has 0 saturated carbocycles. The highest BCUT2D eigenvalue weighted by Crippen LogP contribution is 2.34. The Labute approximate surface area is 77.1 Å². The van der Waals surface area contributed by atoms with Crippen LogP contribution in [0.25, 0.3) is 0 Å². The molecule has 1 aliphatic heterocycles. The highest BCUT2D eigenvalue weighted by atomic mass is 15.1. The third-order valence-corrected chi connectivity index (χ3v) is 3.36. The lowest BCUT2D eigenvalue weighted by molar-refractivity contribution is 0.114. The van der Waals surface area contributed by atoms with Crippen LogP contribution in [0.2, 0.25) is 0 Å². The lowest BCUT2D eigenvalue weighted by Crippen LogP contribution is -2.38.